The zero-order valence-electron chi connectivity index (χ0n) is 9.20. The summed E-state index contributed by atoms with van der Waals surface area (Å²) in [6.45, 7) is 0.784. The number of hydrogen-bond acceptors (Lipinski definition) is 3. The van der Waals surface area contributed by atoms with Crippen LogP contribution in [0.4, 0.5) is 0 Å². The molecule has 4 N–H and O–H groups in total. The number of H-pyrrole nitrogens is 1. The van der Waals surface area contributed by atoms with E-state index < -0.39 is 0 Å². The summed E-state index contributed by atoms with van der Waals surface area (Å²) in [6, 6.07) is 6.51. The SMILES string of the molecule is NC1=NCCC(c2c[nH]c3cc(Br)ccc23)N1. The van der Waals surface area contributed by atoms with Crippen LogP contribution in [0.15, 0.2) is 33.9 Å². The Morgan fingerprint density at radius 2 is 2.29 bits per heavy atom. The lowest BCUT2D eigenvalue weighted by Crippen LogP contribution is -2.38. The highest BCUT2D eigenvalue weighted by atomic mass is 79.9. The lowest BCUT2D eigenvalue weighted by atomic mass is 10.0. The summed E-state index contributed by atoms with van der Waals surface area (Å²) < 4.78 is 1.08. The zero-order chi connectivity index (χ0) is 11.8. The molecule has 0 radical (unpaired) electrons. The molecule has 88 valence electrons. The van der Waals surface area contributed by atoms with Gasteiger partial charge >= 0.3 is 0 Å². The molecule has 0 saturated heterocycles. The number of nitrogens with one attached hydrogen (secondary N) is 2. The number of aromatic nitrogens is 1. The molecule has 1 aromatic carbocycles. The van der Waals surface area contributed by atoms with Crippen LogP contribution < -0.4 is 11.1 Å². The van der Waals surface area contributed by atoms with Gasteiger partial charge in [0.25, 0.3) is 0 Å². The third-order valence-corrected chi connectivity index (χ3v) is 3.57. The van der Waals surface area contributed by atoms with Crippen molar-refractivity contribution in [1.29, 1.82) is 0 Å². The van der Waals surface area contributed by atoms with Gasteiger partial charge < -0.3 is 16.0 Å². The highest BCUT2D eigenvalue weighted by molar-refractivity contribution is 9.10. The van der Waals surface area contributed by atoms with Crippen LogP contribution in [0.2, 0.25) is 0 Å². The van der Waals surface area contributed by atoms with E-state index in [1.165, 1.54) is 10.9 Å². The molecule has 0 saturated carbocycles. The molecule has 0 spiro atoms. The number of guanidine groups is 1. The third-order valence-electron chi connectivity index (χ3n) is 3.07. The topological polar surface area (TPSA) is 66.2 Å². The maximum absolute atomic E-state index is 5.72. The first-order valence-corrected chi connectivity index (χ1v) is 6.36. The molecule has 1 aliphatic heterocycles. The minimum Gasteiger partial charge on any atom is -0.370 e. The number of hydrogen-bond donors (Lipinski definition) is 3. The number of halogens is 1. The van der Waals surface area contributed by atoms with Crippen LogP contribution in [0.25, 0.3) is 10.9 Å². The average molecular weight is 293 g/mol. The summed E-state index contributed by atoms with van der Waals surface area (Å²) in [5.74, 6) is 0.535. The number of fused-ring (bicyclic) bond motifs is 1. The van der Waals surface area contributed by atoms with E-state index in [1.807, 2.05) is 6.20 Å². The zero-order valence-corrected chi connectivity index (χ0v) is 10.8. The molecule has 0 fully saturated rings. The van der Waals surface area contributed by atoms with E-state index in [2.05, 4.69) is 49.4 Å². The third kappa shape index (κ3) is 1.91. The second kappa shape index (κ2) is 4.07. The summed E-state index contributed by atoms with van der Waals surface area (Å²) in [7, 11) is 0. The quantitative estimate of drug-likeness (QED) is 0.755. The summed E-state index contributed by atoms with van der Waals surface area (Å²) in [6.07, 6.45) is 3.02. The van der Waals surface area contributed by atoms with Gasteiger partial charge in [-0.25, -0.2) is 0 Å². The van der Waals surface area contributed by atoms with Crippen LogP contribution in [0, 0.1) is 0 Å². The largest absolute Gasteiger partial charge is 0.370 e. The Kier molecular flexibility index (Phi) is 2.55. The van der Waals surface area contributed by atoms with Gasteiger partial charge in [0.2, 0.25) is 0 Å². The molecule has 0 amide bonds. The lowest BCUT2D eigenvalue weighted by molar-refractivity contribution is 0.572. The van der Waals surface area contributed by atoms with Crippen LogP contribution in [0.3, 0.4) is 0 Å². The summed E-state index contributed by atoms with van der Waals surface area (Å²) in [5.41, 5.74) is 8.11. The van der Waals surface area contributed by atoms with Gasteiger partial charge in [-0.1, -0.05) is 22.0 Å². The van der Waals surface area contributed by atoms with Crippen LogP contribution in [-0.2, 0) is 0 Å². The molecule has 17 heavy (non-hydrogen) atoms. The van der Waals surface area contributed by atoms with Gasteiger partial charge in [0.1, 0.15) is 0 Å². The Labute approximate surface area is 107 Å². The standard InChI is InChI=1S/C12H13BrN4/c13-7-1-2-8-9(6-16-11(8)5-7)10-3-4-15-12(14)17-10/h1-2,5-6,10,16H,3-4H2,(H3,14,15,17). The molecule has 4 nitrogen and oxygen atoms in total. The molecule has 1 aromatic heterocycles. The average Bonchev–Trinajstić information content (AvgIpc) is 2.71. The van der Waals surface area contributed by atoms with E-state index in [9.17, 15) is 0 Å². The molecular formula is C12H13BrN4. The Bertz CT molecular complexity index is 587. The van der Waals surface area contributed by atoms with Crippen LogP contribution in [0.5, 0.6) is 0 Å². The number of benzene rings is 1. The van der Waals surface area contributed by atoms with E-state index in [1.54, 1.807) is 0 Å². The van der Waals surface area contributed by atoms with Crippen molar-refractivity contribution >= 4 is 32.8 Å². The molecule has 0 aliphatic carbocycles. The summed E-state index contributed by atoms with van der Waals surface area (Å²) in [4.78, 5) is 7.44. The lowest BCUT2D eigenvalue weighted by Gasteiger charge is -2.22. The number of nitrogens with two attached hydrogens (primary N) is 1. The Balaban J connectivity index is 2.03. The molecule has 5 heteroatoms. The smallest absolute Gasteiger partial charge is 0.189 e. The van der Waals surface area contributed by atoms with E-state index in [-0.39, 0.29) is 6.04 Å². The highest BCUT2D eigenvalue weighted by Crippen LogP contribution is 2.29. The minimum absolute atomic E-state index is 0.252. The van der Waals surface area contributed by atoms with E-state index in [0.717, 1.165) is 23.0 Å². The van der Waals surface area contributed by atoms with Gasteiger partial charge in [-0.05, 0) is 24.1 Å². The second-order valence-electron chi connectivity index (χ2n) is 4.19. The predicted molar refractivity (Wildman–Crippen MR) is 73.0 cm³/mol. The van der Waals surface area contributed by atoms with Crippen molar-refractivity contribution < 1.29 is 0 Å². The number of nitrogens with zero attached hydrogens (tertiary/aromatic N) is 1. The highest BCUT2D eigenvalue weighted by Gasteiger charge is 2.18. The van der Waals surface area contributed by atoms with Gasteiger partial charge in [-0.3, -0.25) is 4.99 Å². The second-order valence-corrected chi connectivity index (χ2v) is 5.10. The van der Waals surface area contributed by atoms with Gasteiger partial charge in [0.05, 0.1) is 6.04 Å². The molecule has 1 aliphatic rings. The predicted octanol–water partition coefficient (Wildman–Crippen LogP) is 2.28. The van der Waals surface area contributed by atoms with Crippen LogP contribution >= 0.6 is 15.9 Å². The Hall–Kier alpha value is -1.49. The van der Waals surface area contributed by atoms with Crippen molar-refractivity contribution in [2.45, 2.75) is 12.5 Å². The van der Waals surface area contributed by atoms with E-state index in [0.29, 0.717) is 5.96 Å². The van der Waals surface area contributed by atoms with Crippen molar-refractivity contribution in [3.8, 4) is 0 Å². The molecule has 1 atom stereocenters. The first-order valence-electron chi connectivity index (χ1n) is 5.57. The molecule has 2 aromatic rings. The molecular weight excluding hydrogens is 280 g/mol. The number of aliphatic imine (C=N–C) groups is 1. The van der Waals surface area contributed by atoms with Crippen molar-refractivity contribution in [2.75, 3.05) is 6.54 Å². The maximum atomic E-state index is 5.72. The Morgan fingerprint density at radius 3 is 3.12 bits per heavy atom. The van der Waals surface area contributed by atoms with E-state index >= 15 is 0 Å². The van der Waals surface area contributed by atoms with Crippen LogP contribution in [0.1, 0.15) is 18.0 Å². The summed E-state index contributed by atoms with van der Waals surface area (Å²) >= 11 is 3.47. The number of aromatic amines is 1. The van der Waals surface area contributed by atoms with Gasteiger partial charge in [0.15, 0.2) is 5.96 Å². The van der Waals surface area contributed by atoms with Gasteiger partial charge in [-0.15, -0.1) is 0 Å². The Morgan fingerprint density at radius 1 is 1.41 bits per heavy atom. The van der Waals surface area contributed by atoms with Crippen molar-refractivity contribution in [3.05, 3.63) is 34.4 Å². The van der Waals surface area contributed by atoms with Crippen molar-refractivity contribution in [1.82, 2.24) is 10.3 Å². The van der Waals surface area contributed by atoms with Gasteiger partial charge in [0, 0.05) is 28.1 Å². The fourth-order valence-electron chi connectivity index (χ4n) is 2.25. The molecule has 0 bridgehead atoms. The number of rotatable bonds is 1. The minimum atomic E-state index is 0.252. The monoisotopic (exact) mass is 292 g/mol. The fourth-order valence-corrected chi connectivity index (χ4v) is 2.61. The molecule has 1 unspecified atom stereocenters. The van der Waals surface area contributed by atoms with Crippen LogP contribution in [-0.4, -0.2) is 17.5 Å². The van der Waals surface area contributed by atoms with Gasteiger partial charge in [-0.2, -0.15) is 0 Å². The first-order chi connectivity index (χ1) is 8.24. The maximum Gasteiger partial charge on any atom is 0.189 e. The summed E-state index contributed by atoms with van der Waals surface area (Å²) in [5, 5.41) is 4.46. The van der Waals surface area contributed by atoms with Crippen molar-refractivity contribution in [2.24, 2.45) is 10.7 Å². The molecule has 2 heterocycles. The first kappa shape index (κ1) is 10.7. The van der Waals surface area contributed by atoms with E-state index in [4.69, 9.17) is 5.73 Å². The fraction of sp³-hybridized carbons (Fsp3) is 0.250. The molecule has 3 rings (SSSR count). The normalized spacial score (nSPS) is 20.1. The van der Waals surface area contributed by atoms with Crippen molar-refractivity contribution in [3.63, 3.8) is 0 Å².